The number of hydrogen-bond donors (Lipinski definition) is 0. The zero-order valence-corrected chi connectivity index (χ0v) is 12.5. The van der Waals surface area contributed by atoms with Gasteiger partial charge in [0.15, 0.2) is 0 Å². The highest BCUT2D eigenvalue weighted by molar-refractivity contribution is 6.23. The molecule has 0 N–H and O–H groups in total. The van der Waals surface area contributed by atoms with Crippen molar-refractivity contribution in [3.63, 3.8) is 0 Å². The molecule has 20 heavy (non-hydrogen) atoms. The Bertz CT molecular complexity index is 759. The van der Waals surface area contributed by atoms with Crippen molar-refractivity contribution in [2.75, 3.05) is 0 Å². The molecule has 0 radical (unpaired) electrons. The van der Waals surface area contributed by atoms with Crippen molar-refractivity contribution < 1.29 is 0 Å². The average Bonchev–Trinajstić information content (AvgIpc) is 2.48. The molecule has 1 heteroatoms. The summed E-state index contributed by atoms with van der Waals surface area (Å²) in [5.41, 5.74) is 4.89. The molecule has 3 aromatic carbocycles. The number of hydrogen-bond acceptors (Lipinski definition) is 0. The van der Waals surface area contributed by atoms with Crippen molar-refractivity contribution in [1.29, 1.82) is 0 Å². The Morgan fingerprint density at radius 2 is 1.30 bits per heavy atom. The van der Waals surface area contributed by atoms with Crippen LogP contribution in [0.5, 0.6) is 0 Å². The van der Waals surface area contributed by atoms with Crippen LogP contribution in [0, 0.1) is 13.8 Å². The van der Waals surface area contributed by atoms with Crippen molar-refractivity contribution in [3.05, 3.63) is 82.9 Å². The second-order valence-electron chi connectivity index (χ2n) is 5.24. The van der Waals surface area contributed by atoms with Crippen LogP contribution in [0.15, 0.2) is 60.7 Å². The summed E-state index contributed by atoms with van der Waals surface area (Å²) in [7, 11) is 0. The fourth-order valence-electron chi connectivity index (χ4n) is 2.73. The largest absolute Gasteiger partial charge is 0.113 e. The van der Waals surface area contributed by atoms with Gasteiger partial charge in [0.2, 0.25) is 0 Å². The second kappa shape index (κ2) is 5.30. The molecule has 1 atom stereocenters. The standard InChI is InChI=1S/C19H17Cl/c1-13-7-3-4-9-16(13)19(20)18-12-11-14(2)15-8-5-6-10-17(15)18/h3-12,19H,1-2H3. The number of halogens is 1. The molecule has 0 aliphatic heterocycles. The first-order valence-electron chi connectivity index (χ1n) is 6.86. The third-order valence-corrected chi connectivity index (χ3v) is 4.38. The van der Waals surface area contributed by atoms with Crippen LogP contribution in [0.1, 0.15) is 27.6 Å². The van der Waals surface area contributed by atoms with E-state index in [0.717, 1.165) is 0 Å². The van der Waals surface area contributed by atoms with Crippen LogP contribution in [0.3, 0.4) is 0 Å². The van der Waals surface area contributed by atoms with E-state index in [9.17, 15) is 0 Å². The minimum absolute atomic E-state index is 0.110. The number of benzene rings is 3. The maximum atomic E-state index is 6.77. The second-order valence-corrected chi connectivity index (χ2v) is 5.67. The molecule has 0 nitrogen and oxygen atoms in total. The molecule has 0 saturated carbocycles. The van der Waals surface area contributed by atoms with E-state index in [2.05, 4.69) is 68.4 Å². The lowest BCUT2D eigenvalue weighted by molar-refractivity contribution is 1.12. The molecule has 0 aromatic heterocycles. The molecule has 0 aliphatic carbocycles. The van der Waals surface area contributed by atoms with E-state index < -0.39 is 0 Å². The first kappa shape index (κ1) is 13.2. The molecule has 3 aromatic rings. The van der Waals surface area contributed by atoms with Crippen LogP contribution in [-0.2, 0) is 0 Å². The monoisotopic (exact) mass is 280 g/mol. The molecule has 0 fully saturated rings. The van der Waals surface area contributed by atoms with Crippen LogP contribution in [0.4, 0.5) is 0 Å². The van der Waals surface area contributed by atoms with Gasteiger partial charge in [0, 0.05) is 0 Å². The van der Waals surface area contributed by atoms with Crippen LogP contribution in [0.2, 0.25) is 0 Å². The van der Waals surface area contributed by atoms with E-state index >= 15 is 0 Å². The highest BCUT2D eigenvalue weighted by Crippen LogP contribution is 2.36. The van der Waals surface area contributed by atoms with Gasteiger partial charge in [-0.15, -0.1) is 11.6 Å². The molecule has 0 aliphatic rings. The molecule has 0 amide bonds. The summed E-state index contributed by atoms with van der Waals surface area (Å²) in [5, 5.41) is 2.42. The summed E-state index contributed by atoms with van der Waals surface area (Å²) < 4.78 is 0. The molecule has 0 bridgehead atoms. The Hall–Kier alpha value is -1.79. The van der Waals surface area contributed by atoms with E-state index in [1.54, 1.807) is 0 Å². The number of alkyl halides is 1. The van der Waals surface area contributed by atoms with Gasteiger partial charge in [-0.3, -0.25) is 0 Å². The SMILES string of the molecule is Cc1ccccc1C(Cl)c1ccc(C)c2ccccc12. The average molecular weight is 281 g/mol. The van der Waals surface area contributed by atoms with E-state index in [4.69, 9.17) is 11.6 Å². The summed E-state index contributed by atoms with van der Waals surface area (Å²) >= 11 is 6.77. The number of rotatable bonds is 2. The van der Waals surface area contributed by atoms with Crippen molar-refractivity contribution in [1.82, 2.24) is 0 Å². The summed E-state index contributed by atoms with van der Waals surface area (Å²) in [6.07, 6.45) is 0. The van der Waals surface area contributed by atoms with Crippen molar-refractivity contribution in [2.45, 2.75) is 19.2 Å². The van der Waals surface area contributed by atoms with Crippen LogP contribution in [-0.4, -0.2) is 0 Å². The third-order valence-electron chi connectivity index (χ3n) is 3.91. The van der Waals surface area contributed by atoms with E-state index in [1.165, 1.54) is 33.0 Å². The lowest BCUT2D eigenvalue weighted by Gasteiger charge is -2.16. The van der Waals surface area contributed by atoms with Gasteiger partial charge >= 0.3 is 0 Å². The number of aryl methyl sites for hydroxylation is 2. The molecule has 3 rings (SSSR count). The maximum absolute atomic E-state index is 6.77. The molecule has 1 unspecified atom stereocenters. The highest BCUT2D eigenvalue weighted by atomic mass is 35.5. The minimum Gasteiger partial charge on any atom is -0.113 e. The van der Waals surface area contributed by atoms with Crippen LogP contribution < -0.4 is 0 Å². The smallest absolute Gasteiger partial charge is 0.0843 e. The fraction of sp³-hybridized carbons (Fsp3) is 0.158. The van der Waals surface area contributed by atoms with Gasteiger partial charge in [-0.25, -0.2) is 0 Å². The maximum Gasteiger partial charge on any atom is 0.0843 e. The van der Waals surface area contributed by atoms with E-state index in [1.807, 2.05) is 6.07 Å². The Morgan fingerprint density at radius 1 is 0.650 bits per heavy atom. The Morgan fingerprint density at radius 3 is 2.05 bits per heavy atom. The molecule has 0 heterocycles. The predicted molar refractivity (Wildman–Crippen MR) is 87.6 cm³/mol. The zero-order chi connectivity index (χ0) is 14.1. The van der Waals surface area contributed by atoms with Gasteiger partial charge in [0.1, 0.15) is 0 Å². The highest BCUT2D eigenvalue weighted by Gasteiger charge is 2.15. The first-order valence-corrected chi connectivity index (χ1v) is 7.30. The molecular formula is C19H17Cl. The Labute approximate surface area is 125 Å². The van der Waals surface area contributed by atoms with E-state index in [0.29, 0.717) is 0 Å². The van der Waals surface area contributed by atoms with Crippen LogP contribution in [0.25, 0.3) is 10.8 Å². The zero-order valence-electron chi connectivity index (χ0n) is 11.7. The Balaban J connectivity index is 2.20. The molecule has 0 saturated heterocycles. The number of fused-ring (bicyclic) bond motifs is 1. The van der Waals surface area contributed by atoms with Crippen LogP contribution >= 0.6 is 11.6 Å². The van der Waals surface area contributed by atoms with Crippen molar-refractivity contribution in [2.24, 2.45) is 0 Å². The van der Waals surface area contributed by atoms with Gasteiger partial charge in [-0.05, 0) is 46.9 Å². The predicted octanol–water partition coefficient (Wildman–Crippen LogP) is 5.78. The summed E-state index contributed by atoms with van der Waals surface area (Å²) in [6.45, 7) is 4.25. The van der Waals surface area contributed by atoms with Gasteiger partial charge in [-0.2, -0.15) is 0 Å². The molecule has 0 spiro atoms. The fourth-order valence-corrected chi connectivity index (χ4v) is 3.17. The topological polar surface area (TPSA) is 0 Å². The van der Waals surface area contributed by atoms with Gasteiger partial charge in [-0.1, -0.05) is 60.7 Å². The van der Waals surface area contributed by atoms with Crippen molar-refractivity contribution in [3.8, 4) is 0 Å². The minimum atomic E-state index is -0.110. The van der Waals surface area contributed by atoms with Crippen molar-refractivity contribution >= 4 is 22.4 Å². The Kier molecular flexibility index (Phi) is 3.50. The molecular weight excluding hydrogens is 264 g/mol. The molecule has 100 valence electrons. The quantitative estimate of drug-likeness (QED) is 0.522. The van der Waals surface area contributed by atoms with Gasteiger partial charge in [0.05, 0.1) is 5.38 Å². The van der Waals surface area contributed by atoms with Gasteiger partial charge < -0.3 is 0 Å². The first-order chi connectivity index (χ1) is 9.68. The lowest BCUT2D eigenvalue weighted by Crippen LogP contribution is -1.97. The third kappa shape index (κ3) is 2.21. The normalized spacial score (nSPS) is 12.6. The summed E-state index contributed by atoms with van der Waals surface area (Å²) in [4.78, 5) is 0. The van der Waals surface area contributed by atoms with Gasteiger partial charge in [0.25, 0.3) is 0 Å². The van der Waals surface area contributed by atoms with E-state index in [-0.39, 0.29) is 5.38 Å². The summed E-state index contributed by atoms with van der Waals surface area (Å²) in [5.74, 6) is 0. The lowest BCUT2D eigenvalue weighted by atomic mass is 9.94. The summed E-state index contributed by atoms with van der Waals surface area (Å²) in [6, 6.07) is 21.1.